The lowest BCUT2D eigenvalue weighted by atomic mass is 10.1. The van der Waals surface area contributed by atoms with Crippen molar-refractivity contribution in [2.24, 2.45) is 0 Å². The van der Waals surface area contributed by atoms with E-state index in [0.29, 0.717) is 6.42 Å². The molecule has 0 aliphatic rings. The number of hydrogen-bond donors (Lipinski definition) is 1. The van der Waals surface area contributed by atoms with E-state index in [4.69, 9.17) is 5.11 Å². The number of pyridine rings is 1. The predicted molar refractivity (Wildman–Crippen MR) is 90.4 cm³/mol. The first kappa shape index (κ1) is 14.5. The topological polar surface area (TPSA) is 24.1 Å². The third kappa shape index (κ3) is 3.23. The summed E-state index contributed by atoms with van der Waals surface area (Å²) in [5, 5.41) is 10.2. The van der Waals surface area contributed by atoms with E-state index in [1.807, 2.05) is 12.1 Å². The van der Waals surface area contributed by atoms with Crippen LogP contribution >= 0.6 is 0 Å². The first-order valence-corrected chi connectivity index (χ1v) is 7.61. The average molecular weight is 290 g/mol. The van der Waals surface area contributed by atoms with Crippen molar-refractivity contribution in [1.82, 2.24) is 0 Å². The number of rotatable bonds is 5. The van der Waals surface area contributed by atoms with Gasteiger partial charge in [-0.05, 0) is 18.6 Å². The van der Waals surface area contributed by atoms with Gasteiger partial charge in [0, 0.05) is 35.8 Å². The molecule has 0 unspecified atom stereocenters. The highest BCUT2D eigenvalue weighted by Gasteiger charge is 2.13. The Labute approximate surface area is 131 Å². The number of benzene rings is 2. The summed E-state index contributed by atoms with van der Waals surface area (Å²) in [6, 6.07) is 23.2. The summed E-state index contributed by atoms with van der Waals surface area (Å²) in [4.78, 5) is 0. The fourth-order valence-corrected chi connectivity index (χ4v) is 2.65. The molecule has 0 amide bonds. The zero-order chi connectivity index (χ0) is 15.2. The van der Waals surface area contributed by atoms with E-state index in [1.54, 1.807) is 0 Å². The molecule has 1 aromatic heterocycles. The quantitative estimate of drug-likeness (QED) is 0.714. The number of para-hydroxylation sites is 1. The molecule has 0 bridgehead atoms. The van der Waals surface area contributed by atoms with Gasteiger partial charge in [0.2, 0.25) is 11.2 Å². The zero-order valence-corrected chi connectivity index (χ0v) is 12.5. The van der Waals surface area contributed by atoms with Gasteiger partial charge in [-0.25, -0.2) is 0 Å². The highest BCUT2D eigenvalue weighted by molar-refractivity contribution is 5.76. The van der Waals surface area contributed by atoms with Gasteiger partial charge in [-0.1, -0.05) is 48.5 Å². The Kier molecular flexibility index (Phi) is 4.62. The van der Waals surface area contributed by atoms with Crippen LogP contribution in [0.5, 0.6) is 0 Å². The fraction of sp³-hybridized carbons (Fsp3) is 0.150. The summed E-state index contributed by atoms with van der Waals surface area (Å²) < 4.78 is 2.32. The Morgan fingerprint density at radius 3 is 2.45 bits per heavy atom. The molecule has 0 spiro atoms. The van der Waals surface area contributed by atoms with Gasteiger partial charge in [0.1, 0.15) is 0 Å². The van der Waals surface area contributed by atoms with E-state index in [0.717, 1.165) is 12.2 Å². The molecule has 1 heterocycles. The van der Waals surface area contributed by atoms with Gasteiger partial charge in [0.15, 0.2) is 6.54 Å². The van der Waals surface area contributed by atoms with Crippen LogP contribution in [0.3, 0.4) is 0 Å². The van der Waals surface area contributed by atoms with Crippen molar-refractivity contribution in [2.45, 2.75) is 13.0 Å². The molecule has 110 valence electrons. The minimum Gasteiger partial charge on any atom is -0.396 e. The minimum atomic E-state index is 0.183. The molecule has 0 aliphatic carbocycles. The first-order valence-electron chi connectivity index (χ1n) is 7.61. The normalized spacial score (nSPS) is 11.3. The monoisotopic (exact) mass is 290 g/mol. The van der Waals surface area contributed by atoms with Crippen molar-refractivity contribution < 1.29 is 9.67 Å². The van der Waals surface area contributed by atoms with Gasteiger partial charge in [-0.15, -0.1) is 0 Å². The van der Waals surface area contributed by atoms with Crippen LogP contribution in [0.2, 0.25) is 0 Å². The Morgan fingerprint density at radius 2 is 1.64 bits per heavy atom. The number of nitrogens with zero attached hydrogens (tertiary/aromatic N) is 1. The van der Waals surface area contributed by atoms with Gasteiger partial charge >= 0.3 is 0 Å². The van der Waals surface area contributed by atoms with Gasteiger partial charge in [0.05, 0.1) is 0 Å². The van der Waals surface area contributed by atoms with Crippen molar-refractivity contribution in [3.8, 4) is 0 Å². The molecule has 3 aromatic rings. The number of aliphatic hydroxyl groups excluding tert-OH is 1. The maximum Gasteiger partial charge on any atom is 0.213 e. The van der Waals surface area contributed by atoms with Crippen LogP contribution in [0, 0.1) is 0 Å². The maximum absolute atomic E-state index is 8.96. The van der Waals surface area contributed by atoms with E-state index in [1.165, 1.54) is 16.5 Å². The predicted octanol–water partition coefficient (Wildman–Crippen LogP) is 3.57. The first-order chi connectivity index (χ1) is 10.9. The molecule has 0 radical (unpaired) electrons. The summed E-state index contributed by atoms with van der Waals surface area (Å²) in [5.74, 6) is 0. The van der Waals surface area contributed by atoms with Crippen molar-refractivity contribution >= 4 is 17.0 Å². The Balaban J connectivity index is 2.08. The molecule has 3 rings (SSSR count). The third-order valence-corrected chi connectivity index (χ3v) is 3.74. The Hall–Kier alpha value is -2.45. The van der Waals surface area contributed by atoms with Crippen LogP contribution in [0.1, 0.15) is 17.7 Å². The second-order valence-electron chi connectivity index (χ2n) is 5.30. The zero-order valence-electron chi connectivity index (χ0n) is 12.5. The van der Waals surface area contributed by atoms with E-state index >= 15 is 0 Å². The second-order valence-corrected chi connectivity index (χ2v) is 5.30. The second kappa shape index (κ2) is 7.01. The lowest BCUT2D eigenvalue weighted by molar-refractivity contribution is -0.664. The van der Waals surface area contributed by atoms with Gasteiger partial charge < -0.3 is 5.11 Å². The molecular formula is C20H20NO+. The fourth-order valence-electron chi connectivity index (χ4n) is 2.65. The minimum absolute atomic E-state index is 0.183. The molecule has 2 nitrogen and oxygen atoms in total. The molecule has 0 aliphatic heterocycles. The summed E-state index contributed by atoms with van der Waals surface area (Å²) in [5.41, 5.74) is 3.65. The van der Waals surface area contributed by atoms with Crippen molar-refractivity contribution in [3.05, 3.63) is 84.1 Å². The Morgan fingerprint density at radius 1 is 0.864 bits per heavy atom. The summed E-state index contributed by atoms with van der Waals surface area (Å²) in [6.07, 6.45) is 4.79. The van der Waals surface area contributed by atoms with Crippen molar-refractivity contribution in [2.75, 3.05) is 6.61 Å². The number of hydrogen-bond acceptors (Lipinski definition) is 1. The summed E-state index contributed by atoms with van der Waals surface area (Å²) >= 11 is 0. The number of aromatic nitrogens is 1. The van der Waals surface area contributed by atoms with Crippen molar-refractivity contribution in [1.29, 1.82) is 0 Å². The summed E-state index contributed by atoms with van der Waals surface area (Å²) in [6.45, 7) is 1.02. The Bertz CT molecular complexity index is 778. The smallest absolute Gasteiger partial charge is 0.213 e. The molecule has 0 saturated heterocycles. The van der Waals surface area contributed by atoms with Crippen LogP contribution in [0.15, 0.2) is 72.8 Å². The molecular weight excluding hydrogens is 270 g/mol. The standard InChI is InChI=1S/C20H20NO/c22-15-7-6-11-19-14-13-18-10-4-5-12-20(18)21(19)16-17-8-2-1-3-9-17/h1-6,8-14,22H,7,15-16H2/q+1. The molecule has 0 atom stereocenters. The molecule has 0 saturated carbocycles. The molecule has 2 heteroatoms. The van der Waals surface area contributed by atoms with E-state index in [-0.39, 0.29) is 6.61 Å². The van der Waals surface area contributed by atoms with Crippen LogP contribution in [0.25, 0.3) is 17.0 Å². The molecule has 1 N–H and O–H groups in total. The van der Waals surface area contributed by atoms with Gasteiger partial charge in [-0.3, -0.25) is 0 Å². The SMILES string of the molecule is OCCC=Cc1ccc2ccccc2[n+]1Cc1ccccc1. The molecule has 22 heavy (non-hydrogen) atoms. The largest absolute Gasteiger partial charge is 0.396 e. The average Bonchev–Trinajstić information content (AvgIpc) is 2.58. The van der Waals surface area contributed by atoms with Crippen molar-refractivity contribution in [3.63, 3.8) is 0 Å². The maximum atomic E-state index is 8.96. The number of aliphatic hydroxyl groups is 1. The van der Waals surface area contributed by atoms with Crippen LogP contribution < -0.4 is 4.57 Å². The lowest BCUT2D eigenvalue weighted by Crippen LogP contribution is -2.38. The summed E-state index contributed by atoms with van der Waals surface area (Å²) in [7, 11) is 0. The van der Waals surface area contributed by atoms with Crippen LogP contribution in [0.4, 0.5) is 0 Å². The van der Waals surface area contributed by atoms with Gasteiger partial charge in [-0.2, -0.15) is 4.57 Å². The van der Waals surface area contributed by atoms with E-state index in [2.05, 4.69) is 71.3 Å². The highest BCUT2D eigenvalue weighted by atomic mass is 16.2. The van der Waals surface area contributed by atoms with Crippen LogP contribution in [-0.4, -0.2) is 11.7 Å². The third-order valence-electron chi connectivity index (χ3n) is 3.74. The highest BCUT2D eigenvalue weighted by Crippen LogP contribution is 2.13. The van der Waals surface area contributed by atoms with E-state index < -0.39 is 0 Å². The van der Waals surface area contributed by atoms with Gasteiger partial charge in [0.25, 0.3) is 0 Å². The lowest BCUT2D eigenvalue weighted by Gasteiger charge is -2.05. The molecule has 2 aromatic carbocycles. The number of fused-ring (bicyclic) bond motifs is 1. The molecule has 0 fully saturated rings. The van der Waals surface area contributed by atoms with E-state index in [9.17, 15) is 0 Å². The van der Waals surface area contributed by atoms with Crippen LogP contribution in [-0.2, 0) is 6.54 Å².